The van der Waals surface area contributed by atoms with Crippen LogP contribution in [-0.4, -0.2) is 16.2 Å². The number of nitrogens with zero attached hydrogens (tertiary/aromatic N) is 2. The van der Waals surface area contributed by atoms with Crippen LogP contribution in [0.4, 0.5) is 0 Å². The van der Waals surface area contributed by atoms with E-state index in [1.807, 2.05) is 6.07 Å². The lowest BCUT2D eigenvalue weighted by Crippen LogP contribution is -1.93. The van der Waals surface area contributed by atoms with Crippen LogP contribution in [0.1, 0.15) is 18.2 Å². The molecule has 0 aliphatic heterocycles. The van der Waals surface area contributed by atoms with Crippen molar-refractivity contribution >= 4 is 0 Å². The van der Waals surface area contributed by atoms with E-state index < -0.39 is 6.10 Å². The minimum atomic E-state index is -0.674. The standard InChI is InChI=1S/C10H8N2O/c1-8(13)2-3-10-6-9(7-11)4-5-12-10/h4-6,8,13H,1H3/t8-/m1/s1. The van der Waals surface area contributed by atoms with Gasteiger partial charge in [0.25, 0.3) is 0 Å². The summed E-state index contributed by atoms with van der Waals surface area (Å²) in [6.45, 7) is 1.57. The van der Waals surface area contributed by atoms with Gasteiger partial charge in [0.15, 0.2) is 0 Å². The Morgan fingerprint density at radius 3 is 3.00 bits per heavy atom. The molecule has 0 radical (unpaired) electrons. The summed E-state index contributed by atoms with van der Waals surface area (Å²) in [7, 11) is 0. The van der Waals surface area contributed by atoms with Crippen molar-refractivity contribution in [2.75, 3.05) is 0 Å². The van der Waals surface area contributed by atoms with Crippen molar-refractivity contribution in [3.63, 3.8) is 0 Å². The molecule has 1 rings (SSSR count). The van der Waals surface area contributed by atoms with Gasteiger partial charge in [-0.15, -0.1) is 0 Å². The number of rotatable bonds is 0. The van der Waals surface area contributed by atoms with Crippen LogP contribution >= 0.6 is 0 Å². The van der Waals surface area contributed by atoms with Crippen molar-refractivity contribution < 1.29 is 5.11 Å². The molecule has 0 aliphatic carbocycles. The van der Waals surface area contributed by atoms with Crippen LogP contribution in [0.5, 0.6) is 0 Å². The summed E-state index contributed by atoms with van der Waals surface area (Å²) < 4.78 is 0. The van der Waals surface area contributed by atoms with Gasteiger partial charge >= 0.3 is 0 Å². The number of aliphatic hydroxyl groups is 1. The van der Waals surface area contributed by atoms with Gasteiger partial charge in [-0.25, -0.2) is 4.98 Å². The molecular weight excluding hydrogens is 164 g/mol. The molecule has 64 valence electrons. The number of nitriles is 1. The first-order valence-electron chi connectivity index (χ1n) is 3.78. The average molecular weight is 172 g/mol. The number of hydrogen-bond acceptors (Lipinski definition) is 3. The van der Waals surface area contributed by atoms with Gasteiger partial charge in [0.2, 0.25) is 0 Å². The first-order chi connectivity index (χ1) is 6.22. The first-order valence-corrected chi connectivity index (χ1v) is 3.78. The SMILES string of the molecule is C[C@@H](O)C#Cc1cc(C#N)ccn1. The summed E-state index contributed by atoms with van der Waals surface area (Å²) in [6.07, 6.45) is 0.845. The second-order valence-corrected chi connectivity index (χ2v) is 2.49. The monoisotopic (exact) mass is 172 g/mol. The highest BCUT2D eigenvalue weighted by atomic mass is 16.3. The Morgan fingerprint density at radius 1 is 1.62 bits per heavy atom. The van der Waals surface area contributed by atoms with Crippen LogP contribution in [0.15, 0.2) is 18.3 Å². The fourth-order valence-corrected chi connectivity index (χ4v) is 0.747. The third kappa shape index (κ3) is 2.94. The molecule has 0 spiro atoms. The fourth-order valence-electron chi connectivity index (χ4n) is 0.747. The molecule has 1 aromatic heterocycles. The van der Waals surface area contributed by atoms with Crippen molar-refractivity contribution in [2.24, 2.45) is 0 Å². The molecule has 0 saturated carbocycles. The van der Waals surface area contributed by atoms with Gasteiger partial charge in [0, 0.05) is 6.20 Å². The van der Waals surface area contributed by atoms with Gasteiger partial charge in [-0.3, -0.25) is 0 Å². The molecule has 1 heterocycles. The maximum atomic E-state index is 8.87. The Kier molecular flexibility index (Phi) is 3.03. The molecule has 0 unspecified atom stereocenters. The van der Waals surface area contributed by atoms with E-state index >= 15 is 0 Å². The lowest BCUT2D eigenvalue weighted by molar-refractivity contribution is 0.253. The van der Waals surface area contributed by atoms with Gasteiger partial charge in [-0.1, -0.05) is 5.92 Å². The second-order valence-electron chi connectivity index (χ2n) is 2.49. The number of pyridine rings is 1. The maximum absolute atomic E-state index is 8.87. The second kappa shape index (κ2) is 4.25. The molecule has 0 aromatic carbocycles. The zero-order valence-electron chi connectivity index (χ0n) is 7.15. The number of aliphatic hydroxyl groups excluding tert-OH is 1. The highest BCUT2D eigenvalue weighted by molar-refractivity contribution is 5.36. The Hall–Kier alpha value is -1.84. The molecule has 0 fully saturated rings. The van der Waals surface area contributed by atoms with Crippen LogP contribution in [0.2, 0.25) is 0 Å². The molecule has 1 aromatic rings. The van der Waals surface area contributed by atoms with Crippen molar-refractivity contribution in [3.05, 3.63) is 29.6 Å². The third-order valence-corrected chi connectivity index (χ3v) is 1.30. The molecule has 3 heteroatoms. The van der Waals surface area contributed by atoms with Crippen LogP contribution in [0, 0.1) is 23.2 Å². The smallest absolute Gasteiger partial charge is 0.114 e. The molecule has 3 nitrogen and oxygen atoms in total. The van der Waals surface area contributed by atoms with E-state index in [0.29, 0.717) is 11.3 Å². The summed E-state index contributed by atoms with van der Waals surface area (Å²) in [5.74, 6) is 5.20. The minimum Gasteiger partial charge on any atom is -0.381 e. The average Bonchev–Trinajstić information content (AvgIpc) is 2.15. The van der Waals surface area contributed by atoms with Crippen LogP contribution < -0.4 is 0 Å². The molecule has 0 aliphatic rings. The molecule has 13 heavy (non-hydrogen) atoms. The van der Waals surface area contributed by atoms with Gasteiger partial charge in [-0.2, -0.15) is 5.26 Å². The normalized spacial score (nSPS) is 10.8. The maximum Gasteiger partial charge on any atom is 0.114 e. The summed E-state index contributed by atoms with van der Waals surface area (Å²) in [6, 6.07) is 5.17. The highest BCUT2D eigenvalue weighted by Gasteiger charge is 1.92. The predicted octanol–water partition coefficient (Wildman–Crippen LogP) is 0.686. The van der Waals surface area contributed by atoms with E-state index in [4.69, 9.17) is 10.4 Å². The van der Waals surface area contributed by atoms with Crippen LogP contribution in [-0.2, 0) is 0 Å². The Labute approximate surface area is 76.7 Å². The topological polar surface area (TPSA) is 56.9 Å². The Morgan fingerprint density at radius 2 is 2.38 bits per heavy atom. The van der Waals surface area contributed by atoms with E-state index in [-0.39, 0.29) is 0 Å². The van der Waals surface area contributed by atoms with Gasteiger partial charge in [-0.05, 0) is 25.0 Å². The predicted molar refractivity (Wildman–Crippen MR) is 47.5 cm³/mol. The van der Waals surface area contributed by atoms with E-state index in [1.165, 1.54) is 6.20 Å². The number of aromatic nitrogens is 1. The lowest BCUT2D eigenvalue weighted by Gasteiger charge is -1.90. The minimum absolute atomic E-state index is 0.500. The van der Waals surface area contributed by atoms with E-state index in [9.17, 15) is 0 Å². The molecular formula is C10H8N2O. The number of hydrogen-bond donors (Lipinski definition) is 1. The zero-order chi connectivity index (χ0) is 9.68. The van der Waals surface area contributed by atoms with Crippen molar-refractivity contribution in [2.45, 2.75) is 13.0 Å². The molecule has 0 amide bonds. The van der Waals surface area contributed by atoms with Crippen LogP contribution in [0.3, 0.4) is 0 Å². The van der Waals surface area contributed by atoms with E-state index in [1.54, 1.807) is 19.1 Å². The molecule has 1 atom stereocenters. The van der Waals surface area contributed by atoms with Gasteiger partial charge in [0.1, 0.15) is 11.8 Å². The Balaban J connectivity index is 2.93. The largest absolute Gasteiger partial charge is 0.381 e. The summed E-state index contributed by atoms with van der Waals surface area (Å²) >= 11 is 0. The van der Waals surface area contributed by atoms with E-state index in [0.717, 1.165) is 0 Å². The molecule has 0 bridgehead atoms. The van der Waals surface area contributed by atoms with Gasteiger partial charge < -0.3 is 5.11 Å². The third-order valence-electron chi connectivity index (χ3n) is 1.30. The van der Waals surface area contributed by atoms with Crippen molar-refractivity contribution in [3.8, 4) is 17.9 Å². The zero-order valence-corrected chi connectivity index (χ0v) is 7.15. The fraction of sp³-hybridized carbons (Fsp3) is 0.200. The van der Waals surface area contributed by atoms with E-state index in [2.05, 4.69) is 16.8 Å². The summed E-state index contributed by atoms with van der Waals surface area (Å²) in [5.41, 5.74) is 1.02. The van der Waals surface area contributed by atoms with Crippen molar-refractivity contribution in [1.82, 2.24) is 4.98 Å². The van der Waals surface area contributed by atoms with Crippen LogP contribution in [0.25, 0.3) is 0 Å². The molecule has 0 saturated heterocycles. The summed E-state index contributed by atoms with van der Waals surface area (Å²) in [5, 5.41) is 17.4. The summed E-state index contributed by atoms with van der Waals surface area (Å²) in [4.78, 5) is 3.92. The lowest BCUT2D eigenvalue weighted by atomic mass is 10.2. The van der Waals surface area contributed by atoms with Crippen molar-refractivity contribution in [1.29, 1.82) is 5.26 Å². The molecule has 1 N–H and O–H groups in total. The quantitative estimate of drug-likeness (QED) is 0.585. The van der Waals surface area contributed by atoms with Gasteiger partial charge in [0.05, 0.1) is 11.6 Å². The first kappa shape index (κ1) is 9.25. The highest BCUT2D eigenvalue weighted by Crippen LogP contribution is 1.98. The Bertz CT molecular complexity index is 393.